The lowest BCUT2D eigenvalue weighted by Gasteiger charge is -2.25. The molecule has 12 heteroatoms. The third kappa shape index (κ3) is 4.04. The lowest BCUT2D eigenvalue weighted by Crippen LogP contribution is -2.49. The first-order chi connectivity index (χ1) is 15.4. The Balaban J connectivity index is 1.44. The number of carbonyl (C=O) groups is 3. The summed E-state index contributed by atoms with van der Waals surface area (Å²) in [4.78, 5) is 38.1. The van der Waals surface area contributed by atoms with Gasteiger partial charge in [-0.15, -0.1) is 5.10 Å². The number of nitrogens with zero attached hydrogens (tertiary/aromatic N) is 5. The van der Waals surface area contributed by atoms with Crippen LogP contribution >= 0.6 is 23.4 Å². The average Bonchev–Trinajstić information content (AvgIpc) is 3.37. The van der Waals surface area contributed by atoms with Gasteiger partial charge in [-0.3, -0.25) is 15.0 Å². The van der Waals surface area contributed by atoms with Gasteiger partial charge in [-0.05, 0) is 40.6 Å². The molecule has 0 radical (unpaired) electrons. The summed E-state index contributed by atoms with van der Waals surface area (Å²) in [6, 6.07) is 15.2. The summed E-state index contributed by atoms with van der Waals surface area (Å²) in [5, 5.41) is 15.8. The van der Waals surface area contributed by atoms with E-state index in [-0.39, 0.29) is 5.75 Å². The van der Waals surface area contributed by atoms with E-state index in [0.29, 0.717) is 27.9 Å². The fourth-order valence-corrected chi connectivity index (χ4v) is 4.23. The highest BCUT2D eigenvalue weighted by molar-refractivity contribution is 7.99. The van der Waals surface area contributed by atoms with Crippen molar-refractivity contribution in [3.05, 3.63) is 65.2 Å². The van der Waals surface area contributed by atoms with Gasteiger partial charge in [0.25, 0.3) is 5.91 Å². The van der Waals surface area contributed by atoms with Crippen molar-refractivity contribution in [2.45, 2.75) is 24.0 Å². The third-order valence-electron chi connectivity index (χ3n) is 4.95. The van der Waals surface area contributed by atoms with Gasteiger partial charge in [0.05, 0.1) is 11.4 Å². The predicted molar refractivity (Wildman–Crippen MR) is 117 cm³/mol. The quantitative estimate of drug-likeness (QED) is 0.400. The summed E-state index contributed by atoms with van der Waals surface area (Å²) in [5.41, 5.74) is 2.43. The first-order valence-electron chi connectivity index (χ1n) is 9.63. The molecule has 1 unspecified atom stereocenters. The summed E-state index contributed by atoms with van der Waals surface area (Å²) in [5.74, 6) is -1.22. The summed E-state index contributed by atoms with van der Waals surface area (Å²) < 4.78 is 1.44. The minimum atomic E-state index is -1.23. The molecule has 1 saturated heterocycles. The lowest BCUT2D eigenvalue weighted by atomic mass is 9.87. The van der Waals surface area contributed by atoms with Crippen LogP contribution in [0.2, 0.25) is 5.02 Å². The van der Waals surface area contributed by atoms with Crippen LogP contribution in [-0.2, 0) is 15.1 Å². The Morgan fingerprint density at radius 1 is 1.19 bits per heavy atom. The second kappa shape index (κ2) is 8.97. The minimum absolute atomic E-state index is 0.123. The normalized spacial score (nSPS) is 18.0. The molecule has 0 spiro atoms. The van der Waals surface area contributed by atoms with Crippen molar-refractivity contribution < 1.29 is 14.4 Å². The van der Waals surface area contributed by atoms with Gasteiger partial charge < -0.3 is 5.32 Å². The predicted octanol–water partition coefficient (Wildman–Crippen LogP) is 2.30. The van der Waals surface area contributed by atoms with E-state index in [0.717, 1.165) is 16.8 Å². The topological polar surface area (TPSA) is 122 Å². The van der Waals surface area contributed by atoms with Crippen LogP contribution in [0.4, 0.5) is 4.79 Å². The Bertz CT molecular complexity index is 1170. The SMILES string of the molecule is CCC1(c2ccccc2)NC(=O)N(NC(=O)CSc2nnnn2-c2cccc(Cl)c2)C1=O. The molecule has 1 aliphatic rings. The maximum absolute atomic E-state index is 13.1. The Morgan fingerprint density at radius 3 is 2.69 bits per heavy atom. The van der Waals surface area contributed by atoms with Gasteiger partial charge in [-0.2, -0.15) is 9.69 Å². The first-order valence-corrected chi connectivity index (χ1v) is 11.0. The molecule has 1 aromatic heterocycles. The molecule has 4 rings (SSSR count). The Kier molecular flexibility index (Phi) is 6.10. The van der Waals surface area contributed by atoms with Crippen LogP contribution in [0.25, 0.3) is 5.69 Å². The van der Waals surface area contributed by atoms with Crippen LogP contribution < -0.4 is 10.7 Å². The molecule has 1 fully saturated rings. The number of carbonyl (C=O) groups excluding carboxylic acids is 3. The van der Waals surface area contributed by atoms with Gasteiger partial charge in [0.15, 0.2) is 0 Å². The van der Waals surface area contributed by atoms with Gasteiger partial charge in [0, 0.05) is 5.02 Å². The van der Waals surface area contributed by atoms with Crippen molar-refractivity contribution in [3.63, 3.8) is 0 Å². The number of rotatable bonds is 7. The number of halogens is 1. The zero-order valence-electron chi connectivity index (χ0n) is 16.9. The highest BCUT2D eigenvalue weighted by Gasteiger charge is 2.52. The van der Waals surface area contributed by atoms with Crippen molar-refractivity contribution in [3.8, 4) is 5.69 Å². The Morgan fingerprint density at radius 2 is 1.97 bits per heavy atom. The van der Waals surface area contributed by atoms with Crippen LogP contribution in [0.15, 0.2) is 59.8 Å². The van der Waals surface area contributed by atoms with Crippen molar-refractivity contribution in [1.82, 2.24) is 36.0 Å². The van der Waals surface area contributed by atoms with Gasteiger partial charge in [0.2, 0.25) is 11.1 Å². The smallest absolute Gasteiger partial charge is 0.318 e. The van der Waals surface area contributed by atoms with E-state index in [1.54, 1.807) is 55.5 Å². The van der Waals surface area contributed by atoms with Crippen molar-refractivity contribution in [2.24, 2.45) is 0 Å². The first kappa shape index (κ1) is 21.8. The van der Waals surface area contributed by atoms with Gasteiger partial charge >= 0.3 is 6.03 Å². The van der Waals surface area contributed by atoms with Gasteiger partial charge in [-0.1, -0.05) is 66.7 Å². The van der Waals surface area contributed by atoms with Gasteiger partial charge in [-0.25, -0.2) is 4.79 Å². The maximum Gasteiger partial charge on any atom is 0.344 e. The molecule has 0 aliphatic carbocycles. The van der Waals surface area contributed by atoms with Crippen LogP contribution in [0, 0.1) is 0 Å². The second-order valence-corrected chi connectivity index (χ2v) is 8.25. The van der Waals surface area contributed by atoms with E-state index in [9.17, 15) is 14.4 Å². The molecule has 2 N–H and O–H groups in total. The summed E-state index contributed by atoms with van der Waals surface area (Å²) in [6.07, 6.45) is 0.330. The minimum Gasteiger partial charge on any atom is -0.318 e. The molecular weight excluding hydrogens is 454 g/mol. The van der Waals surface area contributed by atoms with Crippen molar-refractivity contribution in [2.75, 3.05) is 5.75 Å². The number of imide groups is 1. The Labute approximate surface area is 192 Å². The molecule has 1 aliphatic heterocycles. The number of hydrogen-bond donors (Lipinski definition) is 2. The highest BCUT2D eigenvalue weighted by atomic mass is 35.5. The Hall–Kier alpha value is -3.44. The molecule has 2 heterocycles. The molecule has 0 saturated carbocycles. The third-order valence-corrected chi connectivity index (χ3v) is 6.11. The number of tetrazole rings is 1. The number of benzene rings is 2. The van der Waals surface area contributed by atoms with E-state index in [4.69, 9.17) is 11.6 Å². The molecule has 32 heavy (non-hydrogen) atoms. The van der Waals surface area contributed by atoms with Gasteiger partial charge in [0.1, 0.15) is 5.54 Å². The van der Waals surface area contributed by atoms with Crippen molar-refractivity contribution in [1.29, 1.82) is 0 Å². The van der Waals surface area contributed by atoms with Crippen LogP contribution in [-0.4, -0.2) is 48.8 Å². The molecule has 2 aromatic carbocycles. The largest absolute Gasteiger partial charge is 0.344 e. The number of urea groups is 1. The number of thioether (sulfide) groups is 1. The standard InChI is InChI=1S/C20H18ClN7O3S/c1-2-20(13-7-4-3-5-8-13)17(30)28(18(31)22-20)24-16(29)12-32-19-23-25-26-27(19)15-10-6-9-14(21)11-15/h3-11H,2,12H2,1H3,(H,22,31)(H,24,29). The zero-order valence-corrected chi connectivity index (χ0v) is 18.4. The van der Waals surface area contributed by atoms with Crippen LogP contribution in [0.1, 0.15) is 18.9 Å². The summed E-state index contributed by atoms with van der Waals surface area (Å²) in [6.45, 7) is 1.79. The molecule has 10 nitrogen and oxygen atoms in total. The fourth-order valence-electron chi connectivity index (χ4n) is 3.36. The molecule has 3 aromatic rings. The highest BCUT2D eigenvalue weighted by Crippen LogP contribution is 2.31. The lowest BCUT2D eigenvalue weighted by molar-refractivity contribution is -0.138. The number of amides is 4. The molecular formula is C20H18ClN7O3S. The van der Waals surface area contributed by atoms with E-state index < -0.39 is 23.4 Å². The molecule has 1 atom stereocenters. The number of hydrazine groups is 1. The summed E-state index contributed by atoms with van der Waals surface area (Å²) >= 11 is 7.07. The maximum atomic E-state index is 13.1. The summed E-state index contributed by atoms with van der Waals surface area (Å²) in [7, 11) is 0. The van der Waals surface area contributed by atoms with E-state index >= 15 is 0 Å². The average molecular weight is 472 g/mol. The molecule has 4 amide bonds. The van der Waals surface area contributed by atoms with E-state index in [2.05, 4.69) is 26.3 Å². The van der Waals surface area contributed by atoms with Crippen LogP contribution in [0.5, 0.6) is 0 Å². The van der Waals surface area contributed by atoms with E-state index in [1.165, 1.54) is 4.68 Å². The monoisotopic (exact) mass is 471 g/mol. The number of hydrogen-bond acceptors (Lipinski definition) is 7. The molecule has 0 bridgehead atoms. The zero-order chi connectivity index (χ0) is 22.7. The molecule has 164 valence electrons. The van der Waals surface area contributed by atoms with Crippen LogP contribution in [0.3, 0.4) is 0 Å². The number of nitrogens with one attached hydrogen (secondary N) is 2. The van der Waals surface area contributed by atoms with Crippen molar-refractivity contribution >= 4 is 41.2 Å². The fraction of sp³-hybridized carbons (Fsp3) is 0.200. The number of aromatic nitrogens is 4. The second-order valence-electron chi connectivity index (χ2n) is 6.87. The van der Waals surface area contributed by atoms with E-state index in [1.807, 2.05) is 6.07 Å².